The summed E-state index contributed by atoms with van der Waals surface area (Å²) in [5.41, 5.74) is 2.50. The van der Waals surface area contributed by atoms with Crippen LogP contribution in [0.4, 0.5) is 8.78 Å². The Kier molecular flexibility index (Phi) is 8.47. The number of pyridine rings is 2. The minimum absolute atomic E-state index is 0.0175. The number of carboxylic acids is 1. The number of nitrogens with one attached hydrogen (secondary N) is 1. The Bertz CT molecular complexity index is 1890. The number of carbonyl (C=O) groups is 2. The van der Waals surface area contributed by atoms with Gasteiger partial charge in [-0.1, -0.05) is 12.1 Å². The van der Waals surface area contributed by atoms with E-state index in [-0.39, 0.29) is 53.3 Å². The number of aromatic nitrogens is 4. The molecule has 0 spiro atoms. The van der Waals surface area contributed by atoms with Gasteiger partial charge in [-0.3, -0.25) is 9.78 Å². The lowest BCUT2D eigenvalue weighted by Crippen LogP contribution is -2.31. The summed E-state index contributed by atoms with van der Waals surface area (Å²) in [4.78, 5) is 36.6. The van der Waals surface area contributed by atoms with Gasteiger partial charge in [0.15, 0.2) is 0 Å². The van der Waals surface area contributed by atoms with Crippen LogP contribution in [-0.4, -0.2) is 55.8 Å². The molecule has 1 saturated heterocycles. The second kappa shape index (κ2) is 12.8. The molecule has 0 saturated carbocycles. The van der Waals surface area contributed by atoms with E-state index in [0.29, 0.717) is 47.8 Å². The van der Waals surface area contributed by atoms with Gasteiger partial charge in [0.05, 0.1) is 34.9 Å². The van der Waals surface area contributed by atoms with Gasteiger partial charge >= 0.3 is 5.97 Å². The van der Waals surface area contributed by atoms with Crippen LogP contribution in [0.25, 0.3) is 22.3 Å². The number of rotatable bonds is 11. The number of benzene rings is 2. The van der Waals surface area contributed by atoms with Gasteiger partial charge in [0, 0.05) is 43.0 Å². The van der Waals surface area contributed by atoms with Gasteiger partial charge < -0.3 is 24.5 Å². The molecule has 45 heavy (non-hydrogen) atoms. The number of fused-ring (bicyclic) bond motifs is 1. The molecule has 0 radical (unpaired) electrons. The largest absolute Gasteiger partial charge is 0.478 e. The van der Waals surface area contributed by atoms with Crippen molar-refractivity contribution in [3.63, 3.8) is 0 Å². The molecule has 1 aliphatic rings. The average Bonchev–Trinajstić information content (AvgIpc) is 3.35. The van der Waals surface area contributed by atoms with Crippen LogP contribution in [0.2, 0.25) is 0 Å². The topological polar surface area (TPSA) is 128 Å². The summed E-state index contributed by atoms with van der Waals surface area (Å²) in [6, 6.07) is 15.0. The highest BCUT2D eigenvalue weighted by molar-refractivity contribution is 5.93. The minimum atomic E-state index is -1.07. The normalized spacial score (nSPS) is 14.2. The number of hydrogen-bond acceptors (Lipinski definition) is 7. The molecule has 2 aromatic carbocycles. The maximum atomic E-state index is 15.5. The molecule has 4 heterocycles. The lowest BCUT2D eigenvalue weighted by atomic mass is 10.0. The standard InChI is InChI=1S/C33H29F2N5O5/c1-2-36-32(41)28-8-6-19(16-37-28)18-45-31-5-3-4-26(39-31)23-15-24(34)21(12-25(23)35)14-30-38-27-9-7-20(33(42)43)13-29(27)40(30)17-22-10-11-44-22/h3-9,12-13,15-16,22H,2,10-11,14,17-18H2,1H3,(H,36,41)(H,42,43)/t22-/m0/s1. The van der Waals surface area contributed by atoms with Crippen LogP contribution in [0.3, 0.4) is 0 Å². The monoisotopic (exact) mass is 613 g/mol. The Labute approximate surface area is 256 Å². The van der Waals surface area contributed by atoms with Crippen molar-refractivity contribution >= 4 is 22.9 Å². The minimum Gasteiger partial charge on any atom is -0.478 e. The zero-order chi connectivity index (χ0) is 31.5. The number of hydrogen-bond donors (Lipinski definition) is 2. The van der Waals surface area contributed by atoms with Crippen molar-refractivity contribution in [1.82, 2.24) is 24.8 Å². The fourth-order valence-electron chi connectivity index (χ4n) is 5.06. The van der Waals surface area contributed by atoms with Crippen LogP contribution in [0.15, 0.2) is 66.9 Å². The Morgan fingerprint density at radius 1 is 1.09 bits per heavy atom. The first-order valence-corrected chi connectivity index (χ1v) is 14.4. The zero-order valence-corrected chi connectivity index (χ0v) is 24.3. The molecule has 6 rings (SSSR count). The number of halogens is 2. The van der Waals surface area contributed by atoms with E-state index in [4.69, 9.17) is 9.47 Å². The van der Waals surface area contributed by atoms with Gasteiger partial charge in [-0.15, -0.1) is 0 Å². The highest BCUT2D eigenvalue weighted by Crippen LogP contribution is 2.29. The fourth-order valence-corrected chi connectivity index (χ4v) is 5.06. The number of carboxylic acid groups (broad SMARTS) is 1. The first-order chi connectivity index (χ1) is 21.8. The fraction of sp³-hybridized carbons (Fsp3) is 0.242. The van der Waals surface area contributed by atoms with E-state index < -0.39 is 17.6 Å². The van der Waals surface area contributed by atoms with Gasteiger partial charge in [0.2, 0.25) is 5.88 Å². The highest BCUT2D eigenvalue weighted by atomic mass is 19.1. The van der Waals surface area contributed by atoms with Crippen molar-refractivity contribution in [2.45, 2.75) is 39.0 Å². The van der Waals surface area contributed by atoms with Crippen LogP contribution in [0.1, 0.15) is 51.1 Å². The summed E-state index contributed by atoms with van der Waals surface area (Å²) in [6.07, 6.45) is 2.28. The molecule has 10 nitrogen and oxygen atoms in total. The molecular weight excluding hydrogens is 584 g/mol. The van der Waals surface area contributed by atoms with E-state index in [0.717, 1.165) is 18.6 Å². The number of imidazole rings is 1. The van der Waals surface area contributed by atoms with E-state index in [1.165, 1.54) is 18.3 Å². The van der Waals surface area contributed by atoms with Crippen LogP contribution < -0.4 is 10.1 Å². The Morgan fingerprint density at radius 2 is 1.93 bits per heavy atom. The average molecular weight is 614 g/mol. The van der Waals surface area contributed by atoms with Crippen LogP contribution in [0.5, 0.6) is 5.88 Å². The van der Waals surface area contributed by atoms with E-state index in [1.54, 1.807) is 36.4 Å². The van der Waals surface area contributed by atoms with E-state index in [9.17, 15) is 14.7 Å². The molecular formula is C33H29F2N5O5. The predicted molar refractivity (Wildman–Crippen MR) is 160 cm³/mol. The predicted octanol–water partition coefficient (Wildman–Crippen LogP) is 5.18. The van der Waals surface area contributed by atoms with Crippen LogP contribution in [0, 0.1) is 11.6 Å². The van der Waals surface area contributed by atoms with Gasteiger partial charge in [-0.25, -0.2) is 23.5 Å². The Balaban J connectivity index is 1.21. The lowest BCUT2D eigenvalue weighted by Gasteiger charge is -2.27. The molecule has 12 heteroatoms. The van der Waals surface area contributed by atoms with Gasteiger partial charge in [0.1, 0.15) is 29.8 Å². The lowest BCUT2D eigenvalue weighted by molar-refractivity contribution is -0.0589. The highest BCUT2D eigenvalue weighted by Gasteiger charge is 2.24. The molecule has 5 aromatic rings. The summed E-state index contributed by atoms with van der Waals surface area (Å²) in [5.74, 6) is -1.97. The van der Waals surface area contributed by atoms with E-state index in [1.807, 2.05) is 11.5 Å². The molecule has 3 aromatic heterocycles. The first kappa shape index (κ1) is 29.8. The third kappa shape index (κ3) is 6.50. The van der Waals surface area contributed by atoms with Crippen molar-refractivity contribution < 1.29 is 33.0 Å². The third-order valence-corrected chi connectivity index (χ3v) is 7.52. The number of amides is 1. The number of nitrogens with zero attached hydrogens (tertiary/aromatic N) is 4. The van der Waals surface area contributed by atoms with Crippen molar-refractivity contribution in [3.8, 4) is 17.1 Å². The summed E-state index contributed by atoms with van der Waals surface area (Å²) in [5, 5.41) is 12.2. The molecule has 1 amide bonds. The SMILES string of the molecule is CCNC(=O)c1ccc(COc2cccc(-c3cc(F)c(Cc4nc5ccc(C(=O)O)cc5n4C[C@@H]4CCO4)cc3F)n2)cn1. The molecule has 0 aliphatic carbocycles. The van der Waals surface area contributed by atoms with Gasteiger partial charge in [-0.05, 0) is 61.4 Å². The Morgan fingerprint density at radius 3 is 2.64 bits per heavy atom. The Hall–Kier alpha value is -5.23. The summed E-state index contributed by atoms with van der Waals surface area (Å²) < 4.78 is 44.1. The zero-order valence-electron chi connectivity index (χ0n) is 24.3. The maximum Gasteiger partial charge on any atom is 0.335 e. The molecule has 2 N–H and O–H groups in total. The van der Waals surface area contributed by atoms with Crippen molar-refractivity contribution in [2.24, 2.45) is 0 Å². The second-order valence-corrected chi connectivity index (χ2v) is 10.6. The number of aromatic carboxylic acids is 1. The molecule has 230 valence electrons. The van der Waals surface area contributed by atoms with Gasteiger partial charge in [0.25, 0.3) is 5.91 Å². The number of carbonyl (C=O) groups excluding carboxylic acids is 1. The molecule has 1 fully saturated rings. The van der Waals surface area contributed by atoms with E-state index >= 15 is 8.78 Å². The molecule has 0 unspecified atom stereocenters. The smallest absolute Gasteiger partial charge is 0.335 e. The van der Waals surface area contributed by atoms with E-state index in [2.05, 4.69) is 20.3 Å². The summed E-state index contributed by atoms with van der Waals surface area (Å²) >= 11 is 0. The number of ether oxygens (including phenoxy) is 2. The van der Waals surface area contributed by atoms with Crippen LogP contribution in [-0.2, 0) is 24.3 Å². The molecule has 1 atom stereocenters. The summed E-state index contributed by atoms with van der Waals surface area (Å²) in [6.45, 7) is 3.48. The third-order valence-electron chi connectivity index (χ3n) is 7.52. The molecule has 0 bridgehead atoms. The van der Waals surface area contributed by atoms with Crippen molar-refractivity contribution in [2.75, 3.05) is 13.2 Å². The first-order valence-electron chi connectivity index (χ1n) is 14.4. The van der Waals surface area contributed by atoms with Crippen LogP contribution >= 0.6 is 0 Å². The summed E-state index contributed by atoms with van der Waals surface area (Å²) in [7, 11) is 0. The van der Waals surface area contributed by atoms with Gasteiger partial charge in [-0.2, -0.15) is 0 Å². The molecule has 1 aliphatic heterocycles. The quantitative estimate of drug-likeness (QED) is 0.209. The second-order valence-electron chi connectivity index (χ2n) is 10.6. The van der Waals surface area contributed by atoms with Crippen molar-refractivity contribution in [3.05, 3.63) is 107 Å². The maximum absolute atomic E-state index is 15.5. The van der Waals surface area contributed by atoms with Crippen molar-refractivity contribution in [1.29, 1.82) is 0 Å².